The number of carbonyl (C=O) groups excluding carboxylic acids is 2. The Kier molecular flexibility index (Phi) is 5.78. The van der Waals surface area contributed by atoms with Gasteiger partial charge in [0, 0.05) is 5.56 Å². The van der Waals surface area contributed by atoms with Crippen LogP contribution in [0, 0.1) is 0 Å². The highest BCUT2D eigenvalue weighted by Gasteiger charge is 2.34. The molecule has 0 unspecified atom stereocenters. The lowest BCUT2D eigenvalue weighted by Crippen LogP contribution is -2.52. The van der Waals surface area contributed by atoms with Crippen molar-refractivity contribution in [1.82, 2.24) is 5.31 Å². The Labute approximate surface area is 121 Å². The topological polar surface area (TPSA) is 147 Å². The standard InChI is InChI=1S/C13H17NO7/c15-6-8(16)9(17)10(18)11(19)13(21)14-12(20)7-4-2-1-3-5-7/h1-5,8-11,15-19H,6H2,(H,14,20,21)/t8-,9-,10+,11-/m1/s1/i/hD. The fourth-order valence-corrected chi connectivity index (χ4v) is 1.48. The van der Waals surface area contributed by atoms with Crippen molar-refractivity contribution in [2.45, 2.75) is 24.4 Å². The van der Waals surface area contributed by atoms with Gasteiger partial charge in [-0.1, -0.05) is 18.2 Å². The highest BCUT2D eigenvalue weighted by molar-refractivity contribution is 6.05. The maximum atomic E-state index is 11.8. The van der Waals surface area contributed by atoms with E-state index < -0.39 is 42.8 Å². The van der Waals surface area contributed by atoms with Crippen molar-refractivity contribution >= 4 is 11.8 Å². The second kappa shape index (κ2) is 7.81. The number of imide groups is 1. The summed E-state index contributed by atoms with van der Waals surface area (Å²) in [7, 11) is 0. The van der Waals surface area contributed by atoms with Crippen molar-refractivity contribution in [3.8, 4) is 0 Å². The van der Waals surface area contributed by atoms with Gasteiger partial charge in [-0.05, 0) is 12.1 Å². The van der Waals surface area contributed by atoms with Gasteiger partial charge < -0.3 is 25.5 Å². The zero-order chi connectivity index (χ0) is 16.9. The van der Waals surface area contributed by atoms with Gasteiger partial charge in [0.2, 0.25) is 0 Å². The summed E-state index contributed by atoms with van der Waals surface area (Å²) in [5.74, 6) is -2.51. The molecule has 0 heterocycles. The van der Waals surface area contributed by atoms with Crippen LogP contribution in [0.5, 0.6) is 0 Å². The molecule has 1 aromatic carbocycles. The monoisotopic (exact) mass is 300 g/mol. The van der Waals surface area contributed by atoms with Crippen molar-refractivity contribution in [2.75, 3.05) is 6.61 Å². The van der Waals surface area contributed by atoms with Gasteiger partial charge in [0.15, 0.2) is 7.52 Å². The molecule has 0 radical (unpaired) electrons. The van der Waals surface area contributed by atoms with Crippen LogP contribution in [-0.2, 0) is 4.79 Å². The number of hydrogen-bond acceptors (Lipinski definition) is 7. The molecule has 0 saturated carbocycles. The number of hydrogen-bond donors (Lipinski definition) is 6. The molecule has 0 bridgehead atoms. The van der Waals surface area contributed by atoms with Crippen LogP contribution in [0.1, 0.15) is 10.4 Å². The first-order valence-corrected chi connectivity index (χ1v) is 6.06. The molecule has 0 aliphatic rings. The predicted molar refractivity (Wildman–Crippen MR) is 70.0 cm³/mol. The molecule has 0 fully saturated rings. The first-order valence-electron chi connectivity index (χ1n) is 6.51. The Hall–Kier alpha value is -1.84. The summed E-state index contributed by atoms with van der Waals surface area (Å²) in [6, 6.07) is 7.35. The van der Waals surface area contributed by atoms with E-state index >= 15 is 0 Å². The number of aliphatic hydroxyl groups is 5. The smallest absolute Gasteiger partial charge is 0.258 e. The van der Waals surface area contributed by atoms with Gasteiger partial charge in [0.1, 0.15) is 18.3 Å². The Morgan fingerprint density at radius 3 is 2.19 bits per heavy atom. The van der Waals surface area contributed by atoms with E-state index in [1.165, 1.54) is 24.3 Å². The molecule has 8 heteroatoms. The van der Waals surface area contributed by atoms with Gasteiger partial charge in [-0.3, -0.25) is 14.9 Å². The lowest BCUT2D eigenvalue weighted by atomic mass is 10.0. The molecular weight excluding hydrogens is 282 g/mol. The number of rotatable bonds is 6. The largest absolute Gasteiger partial charge is 0.394 e. The van der Waals surface area contributed by atoms with Crippen LogP contribution in [0.4, 0.5) is 0 Å². The third-order valence-corrected chi connectivity index (χ3v) is 2.74. The van der Waals surface area contributed by atoms with Crippen LogP contribution in [0.25, 0.3) is 0 Å². The first kappa shape index (κ1) is 15.5. The van der Waals surface area contributed by atoms with Crippen LogP contribution < -0.4 is 5.31 Å². The summed E-state index contributed by atoms with van der Waals surface area (Å²) in [6.07, 6.45) is -8.31. The maximum Gasteiger partial charge on any atom is 0.258 e. The van der Waals surface area contributed by atoms with E-state index in [4.69, 9.17) is 11.6 Å². The molecule has 116 valence electrons. The third kappa shape index (κ3) is 4.59. The first-order chi connectivity index (χ1) is 10.3. The van der Waals surface area contributed by atoms with Crippen LogP contribution in [0.15, 0.2) is 30.3 Å². The molecule has 8 nitrogen and oxygen atoms in total. The van der Waals surface area contributed by atoms with Crippen LogP contribution in [0.3, 0.4) is 0 Å². The Balaban J connectivity index is 2.79. The lowest BCUT2D eigenvalue weighted by Gasteiger charge is -2.24. The van der Waals surface area contributed by atoms with Crippen LogP contribution >= 0.6 is 0 Å². The summed E-state index contributed by atoms with van der Waals surface area (Å²) >= 11 is 0. The number of aliphatic hydroxyl groups excluding tert-OH is 5. The zero-order valence-electron chi connectivity index (χ0n) is 11.9. The summed E-state index contributed by atoms with van der Waals surface area (Å²) in [5, 5.41) is 46.2. The number of nitrogens with one attached hydrogen (secondary N) is 1. The van der Waals surface area contributed by atoms with Crippen molar-refractivity contribution < 1.29 is 36.5 Å². The van der Waals surface area contributed by atoms with Crippen molar-refractivity contribution in [2.24, 2.45) is 0 Å². The van der Waals surface area contributed by atoms with Crippen molar-refractivity contribution in [3.05, 3.63) is 35.9 Å². The zero-order valence-corrected chi connectivity index (χ0v) is 10.9. The third-order valence-electron chi connectivity index (χ3n) is 2.74. The van der Waals surface area contributed by atoms with Crippen molar-refractivity contribution in [1.29, 1.82) is 0 Å². The van der Waals surface area contributed by atoms with Gasteiger partial charge in [-0.25, -0.2) is 0 Å². The maximum absolute atomic E-state index is 11.8. The average molecular weight is 300 g/mol. The minimum absolute atomic E-state index is 0.0171. The summed E-state index contributed by atoms with van der Waals surface area (Å²) in [4.78, 5) is 23.6. The number of amides is 2. The molecule has 2 amide bonds. The lowest BCUT2D eigenvalue weighted by molar-refractivity contribution is -0.148. The highest BCUT2D eigenvalue weighted by Crippen LogP contribution is 2.06. The Morgan fingerprint density at radius 1 is 1.10 bits per heavy atom. The minimum Gasteiger partial charge on any atom is -0.394 e. The van der Waals surface area contributed by atoms with E-state index in [-0.39, 0.29) is 10.9 Å². The summed E-state index contributed by atoms with van der Waals surface area (Å²) < 4.78 is 7.41. The minimum atomic E-state index is -2.32. The number of carbonyl (C=O) groups is 2. The Morgan fingerprint density at radius 2 is 1.67 bits per heavy atom. The fourth-order valence-electron chi connectivity index (χ4n) is 1.48. The van der Waals surface area contributed by atoms with E-state index in [2.05, 4.69) is 0 Å². The SMILES string of the molecule is [2H]N(C(=O)c1ccccc1)C(=O)[C@H](O)[C@@H](O)[C@H](O)[C@H](O)CO. The van der Waals surface area contributed by atoms with Gasteiger partial charge in [0.05, 0.1) is 6.61 Å². The van der Waals surface area contributed by atoms with E-state index in [9.17, 15) is 24.9 Å². The molecule has 0 aromatic heterocycles. The molecule has 0 spiro atoms. The predicted octanol–water partition coefficient (Wildman–Crippen LogP) is -2.62. The van der Waals surface area contributed by atoms with Gasteiger partial charge >= 0.3 is 0 Å². The van der Waals surface area contributed by atoms with E-state index in [1.807, 2.05) is 0 Å². The van der Waals surface area contributed by atoms with E-state index in [0.29, 0.717) is 0 Å². The summed E-state index contributed by atoms with van der Waals surface area (Å²) in [6.45, 7) is -0.910. The van der Waals surface area contributed by atoms with Crippen LogP contribution in [-0.4, -0.2) is 68.4 Å². The molecule has 0 aliphatic heterocycles. The average Bonchev–Trinajstić information content (AvgIpc) is 2.57. The van der Waals surface area contributed by atoms with E-state index in [1.54, 1.807) is 6.07 Å². The molecular formula is C13H17NO7. The normalized spacial score (nSPS) is 17.3. The molecule has 0 aliphatic carbocycles. The second-order valence-electron chi connectivity index (χ2n) is 4.30. The highest BCUT2D eigenvalue weighted by atomic mass is 16.4. The molecule has 0 saturated heterocycles. The number of benzene rings is 1. The molecule has 6 N–H and O–H groups in total. The molecule has 1 aromatic rings. The Bertz CT molecular complexity index is 512. The molecule has 4 atom stereocenters. The second-order valence-corrected chi connectivity index (χ2v) is 4.30. The fraction of sp³-hybridized carbons (Fsp3) is 0.385. The van der Waals surface area contributed by atoms with Gasteiger partial charge in [-0.2, -0.15) is 0 Å². The van der Waals surface area contributed by atoms with Gasteiger partial charge in [-0.15, -0.1) is 0 Å². The summed E-state index contributed by atoms with van der Waals surface area (Å²) in [5.41, 5.74) is 0.0171. The molecule has 1 rings (SSSR count). The van der Waals surface area contributed by atoms with Crippen LogP contribution in [0.2, 0.25) is 1.41 Å². The van der Waals surface area contributed by atoms with Crippen molar-refractivity contribution in [3.63, 3.8) is 0 Å². The van der Waals surface area contributed by atoms with Gasteiger partial charge in [0.25, 0.3) is 11.8 Å². The quantitative estimate of drug-likeness (QED) is 0.337. The molecule has 21 heavy (non-hydrogen) atoms. The van der Waals surface area contributed by atoms with E-state index in [0.717, 1.165) is 0 Å².